The third kappa shape index (κ3) is 6.50. The Balaban J connectivity index is 2.71. The molecule has 0 saturated carbocycles. The Hall–Kier alpha value is -0.450. The fraction of sp³-hybridized carbons (Fsp3) is 0.800. The fourth-order valence-corrected chi connectivity index (χ4v) is 2.82. The third-order valence-corrected chi connectivity index (χ3v) is 4.02. The maximum Gasteiger partial charge on any atom is 0.0944 e. The van der Waals surface area contributed by atoms with E-state index < -0.39 is 0 Å². The zero-order chi connectivity index (χ0) is 14.5. The zero-order valence-electron chi connectivity index (χ0n) is 13.3. The van der Waals surface area contributed by atoms with Crippen LogP contribution in [0.5, 0.6) is 0 Å². The summed E-state index contributed by atoms with van der Waals surface area (Å²) in [6.07, 6.45) is 3.32. The first kappa shape index (κ1) is 16.6. The van der Waals surface area contributed by atoms with E-state index in [0.717, 1.165) is 25.9 Å². The average Bonchev–Trinajstić information content (AvgIpc) is 2.66. The van der Waals surface area contributed by atoms with Gasteiger partial charge in [0.15, 0.2) is 0 Å². The lowest BCUT2D eigenvalue weighted by Crippen LogP contribution is -2.35. The summed E-state index contributed by atoms with van der Waals surface area (Å²) in [7, 11) is 4.23. The van der Waals surface area contributed by atoms with Crippen LogP contribution in [0.1, 0.15) is 49.7 Å². The van der Waals surface area contributed by atoms with Crippen molar-refractivity contribution in [3.8, 4) is 0 Å². The molecule has 0 aliphatic rings. The van der Waals surface area contributed by atoms with Gasteiger partial charge in [0.1, 0.15) is 0 Å². The maximum atomic E-state index is 4.82. The van der Waals surface area contributed by atoms with Gasteiger partial charge in [-0.3, -0.25) is 0 Å². The molecule has 0 saturated heterocycles. The molecule has 0 amide bonds. The highest BCUT2D eigenvalue weighted by Gasteiger charge is 2.14. The van der Waals surface area contributed by atoms with E-state index in [1.165, 1.54) is 22.0 Å². The predicted molar refractivity (Wildman–Crippen MR) is 85.0 cm³/mol. The van der Waals surface area contributed by atoms with Crippen LogP contribution in [-0.2, 0) is 19.4 Å². The smallest absolute Gasteiger partial charge is 0.0944 e. The molecular weight excluding hydrogens is 254 g/mol. The van der Waals surface area contributed by atoms with Crippen molar-refractivity contribution in [1.29, 1.82) is 0 Å². The quantitative estimate of drug-likeness (QED) is 0.833. The second-order valence-electron chi connectivity index (χ2n) is 6.38. The first-order valence-electron chi connectivity index (χ1n) is 7.19. The molecule has 0 atom stereocenters. The Kier molecular flexibility index (Phi) is 6.43. The highest BCUT2D eigenvalue weighted by atomic mass is 32.1. The van der Waals surface area contributed by atoms with Crippen LogP contribution in [0, 0.1) is 0 Å². The predicted octanol–water partition coefficient (Wildman–Crippen LogP) is 3.09. The number of nitrogens with zero attached hydrogens (tertiary/aromatic N) is 2. The molecule has 3 nitrogen and oxygen atoms in total. The molecule has 4 heteroatoms. The zero-order valence-corrected chi connectivity index (χ0v) is 14.2. The number of thiazole rings is 1. The fourth-order valence-electron chi connectivity index (χ4n) is 1.78. The number of hydrogen-bond donors (Lipinski definition) is 1. The number of aromatic nitrogens is 1. The number of nitrogens with one attached hydrogen (secondary N) is 1. The standard InChI is InChI=1S/C15H29N3S/c1-7-8-12-13(11-16-15(2,3)4)19-14(17-12)9-10-18(5)6/h16H,7-11H2,1-6H3. The summed E-state index contributed by atoms with van der Waals surface area (Å²) < 4.78 is 0. The molecular formula is C15H29N3S. The second-order valence-corrected chi connectivity index (χ2v) is 7.55. The van der Waals surface area contributed by atoms with E-state index in [1.807, 2.05) is 11.3 Å². The SMILES string of the molecule is CCCc1nc(CCN(C)C)sc1CNC(C)(C)C. The number of rotatable bonds is 7. The van der Waals surface area contributed by atoms with Crippen LogP contribution in [-0.4, -0.2) is 36.1 Å². The lowest BCUT2D eigenvalue weighted by atomic mass is 10.1. The normalized spacial score (nSPS) is 12.4. The van der Waals surface area contributed by atoms with Crippen molar-refractivity contribution in [2.24, 2.45) is 0 Å². The van der Waals surface area contributed by atoms with Crippen molar-refractivity contribution >= 4 is 11.3 Å². The Morgan fingerprint density at radius 2 is 1.89 bits per heavy atom. The van der Waals surface area contributed by atoms with Crippen LogP contribution in [0.2, 0.25) is 0 Å². The van der Waals surface area contributed by atoms with E-state index in [2.05, 4.69) is 52.0 Å². The lowest BCUT2D eigenvalue weighted by molar-refractivity contribution is 0.413. The highest BCUT2D eigenvalue weighted by Crippen LogP contribution is 2.21. The third-order valence-electron chi connectivity index (χ3n) is 2.86. The summed E-state index contributed by atoms with van der Waals surface area (Å²) in [5.41, 5.74) is 1.47. The Morgan fingerprint density at radius 3 is 2.42 bits per heavy atom. The van der Waals surface area contributed by atoms with E-state index in [4.69, 9.17) is 4.98 Å². The lowest BCUT2D eigenvalue weighted by Gasteiger charge is -2.20. The van der Waals surface area contributed by atoms with Crippen LogP contribution < -0.4 is 5.32 Å². The van der Waals surface area contributed by atoms with E-state index in [1.54, 1.807) is 0 Å². The van der Waals surface area contributed by atoms with Crippen LogP contribution in [0.15, 0.2) is 0 Å². The monoisotopic (exact) mass is 283 g/mol. The Morgan fingerprint density at radius 1 is 1.21 bits per heavy atom. The van der Waals surface area contributed by atoms with E-state index >= 15 is 0 Å². The van der Waals surface area contributed by atoms with Gasteiger partial charge in [-0.15, -0.1) is 11.3 Å². The van der Waals surface area contributed by atoms with E-state index in [-0.39, 0.29) is 5.54 Å². The van der Waals surface area contributed by atoms with Gasteiger partial charge < -0.3 is 10.2 Å². The summed E-state index contributed by atoms with van der Waals surface area (Å²) in [6.45, 7) is 10.9. The molecule has 1 rings (SSSR count). The van der Waals surface area contributed by atoms with Crippen molar-refractivity contribution in [2.75, 3.05) is 20.6 Å². The van der Waals surface area contributed by atoms with Gasteiger partial charge in [-0.2, -0.15) is 0 Å². The average molecular weight is 283 g/mol. The molecule has 0 radical (unpaired) electrons. The van der Waals surface area contributed by atoms with Gasteiger partial charge in [0, 0.05) is 29.9 Å². The molecule has 0 bridgehead atoms. The summed E-state index contributed by atoms with van der Waals surface area (Å²) in [4.78, 5) is 8.46. The van der Waals surface area contributed by atoms with Crippen LogP contribution in [0.3, 0.4) is 0 Å². The van der Waals surface area contributed by atoms with Crippen molar-refractivity contribution < 1.29 is 0 Å². The summed E-state index contributed by atoms with van der Waals surface area (Å²) in [6, 6.07) is 0. The maximum absolute atomic E-state index is 4.82. The summed E-state index contributed by atoms with van der Waals surface area (Å²) in [5, 5.41) is 4.86. The molecule has 0 aliphatic carbocycles. The van der Waals surface area contributed by atoms with Gasteiger partial charge in [0.2, 0.25) is 0 Å². The van der Waals surface area contributed by atoms with Gasteiger partial charge in [0.05, 0.1) is 10.7 Å². The molecule has 1 heterocycles. The van der Waals surface area contributed by atoms with Gasteiger partial charge in [-0.05, 0) is 41.3 Å². The van der Waals surface area contributed by atoms with E-state index in [9.17, 15) is 0 Å². The minimum absolute atomic E-state index is 0.164. The molecule has 1 aromatic heterocycles. The van der Waals surface area contributed by atoms with Crippen molar-refractivity contribution in [1.82, 2.24) is 15.2 Å². The van der Waals surface area contributed by atoms with E-state index in [0.29, 0.717) is 0 Å². The number of hydrogen-bond acceptors (Lipinski definition) is 4. The highest BCUT2D eigenvalue weighted by molar-refractivity contribution is 7.11. The Bertz CT molecular complexity index is 377. The van der Waals surface area contributed by atoms with Crippen molar-refractivity contribution in [2.45, 2.75) is 59.0 Å². The molecule has 0 aliphatic heterocycles. The summed E-state index contributed by atoms with van der Waals surface area (Å²) in [5.74, 6) is 0. The molecule has 1 aromatic rings. The molecule has 0 unspecified atom stereocenters. The minimum Gasteiger partial charge on any atom is -0.309 e. The van der Waals surface area contributed by atoms with Crippen LogP contribution >= 0.6 is 11.3 Å². The topological polar surface area (TPSA) is 28.2 Å². The Labute approximate surface area is 122 Å². The molecule has 0 fully saturated rings. The van der Waals surface area contributed by atoms with Crippen LogP contribution in [0.4, 0.5) is 0 Å². The van der Waals surface area contributed by atoms with Gasteiger partial charge >= 0.3 is 0 Å². The first-order valence-corrected chi connectivity index (χ1v) is 8.00. The summed E-state index contributed by atoms with van der Waals surface area (Å²) >= 11 is 1.88. The first-order chi connectivity index (χ1) is 8.81. The van der Waals surface area contributed by atoms with Crippen LogP contribution in [0.25, 0.3) is 0 Å². The number of aryl methyl sites for hydroxylation is 1. The molecule has 0 aromatic carbocycles. The molecule has 1 N–H and O–H groups in total. The van der Waals surface area contributed by atoms with Crippen molar-refractivity contribution in [3.05, 3.63) is 15.6 Å². The molecule has 110 valence electrons. The second kappa shape index (κ2) is 7.36. The van der Waals surface area contributed by atoms with Gasteiger partial charge in [-0.25, -0.2) is 4.98 Å². The van der Waals surface area contributed by atoms with Gasteiger partial charge in [-0.1, -0.05) is 13.3 Å². The van der Waals surface area contributed by atoms with Crippen molar-refractivity contribution in [3.63, 3.8) is 0 Å². The number of likely N-dealkylation sites (N-methyl/N-ethyl adjacent to an activating group) is 1. The largest absolute Gasteiger partial charge is 0.309 e. The molecule has 19 heavy (non-hydrogen) atoms. The van der Waals surface area contributed by atoms with Gasteiger partial charge in [0.25, 0.3) is 0 Å². The minimum atomic E-state index is 0.164. The molecule has 0 spiro atoms.